The quantitative estimate of drug-likeness (QED) is 0.413. The van der Waals surface area contributed by atoms with Crippen LogP contribution in [0.15, 0.2) is 23.1 Å². The van der Waals surface area contributed by atoms with Crippen molar-refractivity contribution in [3.63, 3.8) is 0 Å². The average molecular weight is 541 g/mol. The molecule has 35 heavy (non-hydrogen) atoms. The van der Waals surface area contributed by atoms with Crippen LogP contribution in [0.5, 0.6) is 0 Å². The standard InChI is InChI=1S/C20H21F5N4O4S2/c1-10-14(29-16(26-10)34-15(27-29)17(2,3)31)11-4-5-12(20(23,24)25)13(6-11)35(32,33)28-18(9-30)7-19(21,22)8-18/h4-6,28,30-31H,7-9H2,1-3H3. The molecule has 0 spiro atoms. The van der Waals surface area contributed by atoms with Gasteiger partial charge in [0.25, 0.3) is 5.92 Å². The highest BCUT2D eigenvalue weighted by Crippen LogP contribution is 2.47. The van der Waals surface area contributed by atoms with Crippen molar-refractivity contribution in [3.05, 3.63) is 34.5 Å². The van der Waals surface area contributed by atoms with E-state index in [1.165, 1.54) is 18.4 Å². The molecule has 0 unspecified atom stereocenters. The lowest BCUT2D eigenvalue weighted by atomic mass is 9.75. The van der Waals surface area contributed by atoms with Gasteiger partial charge in [0, 0.05) is 18.4 Å². The Bertz CT molecular complexity index is 1400. The monoisotopic (exact) mass is 540 g/mol. The number of aromatic nitrogens is 3. The van der Waals surface area contributed by atoms with E-state index < -0.39 is 63.2 Å². The Kier molecular flexibility index (Phi) is 5.84. The predicted molar refractivity (Wildman–Crippen MR) is 116 cm³/mol. The van der Waals surface area contributed by atoms with Gasteiger partial charge in [-0.3, -0.25) is 0 Å². The normalized spacial score (nSPS) is 18.1. The summed E-state index contributed by atoms with van der Waals surface area (Å²) < 4.78 is 97.3. The molecule has 15 heteroatoms. The second-order valence-electron chi connectivity index (χ2n) is 9.17. The van der Waals surface area contributed by atoms with E-state index >= 15 is 0 Å². The van der Waals surface area contributed by atoms with Crippen LogP contribution >= 0.6 is 11.3 Å². The fraction of sp³-hybridized carbons (Fsp3) is 0.500. The highest BCUT2D eigenvalue weighted by atomic mass is 32.2. The molecular formula is C20H21F5N4O4S2. The molecule has 0 bridgehead atoms. The van der Waals surface area contributed by atoms with E-state index in [1.807, 2.05) is 4.72 Å². The number of aliphatic hydroxyl groups is 2. The van der Waals surface area contributed by atoms with E-state index in [-0.39, 0.29) is 16.3 Å². The lowest BCUT2D eigenvalue weighted by Gasteiger charge is -2.46. The predicted octanol–water partition coefficient (Wildman–Crippen LogP) is 3.45. The highest BCUT2D eigenvalue weighted by molar-refractivity contribution is 7.89. The number of halogens is 5. The molecule has 0 radical (unpaired) electrons. The first-order valence-electron chi connectivity index (χ1n) is 10.2. The van der Waals surface area contributed by atoms with Gasteiger partial charge in [-0.1, -0.05) is 17.4 Å². The number of nitrogens with zero attached hydrogens (tertiary/aromatic N) is 3. The zero-order valence-corrected chi connectivity index (χ0v) is 20.2. The Balaban J connectivity index is 1.86. The molecule has 2 heterocycles. The maximum atomic E-state index is 13.7. The number of fused-ring (bicyclic) bond motifs is 1. The minimum atomic E-state index is -5.07. The van der Waals surface area contributed by atoms with Crippen molar-refractivity contribution in [1.29, 1.82) is 0 Å². The molecule has 4 rings (SSSR count). The fourth-order valence-electron chi connectivity index (χ4n) is 4.05. The maximum absolute atomic E-state index is 13.7. The number of rotatable bonds is 6. The van der Waals surface area contributed by atoms with Crippen LogP contribution in [0.4, 0.5) is 22.0 Å². The minimum Gasteiger partial charge on any atom is -0.394 e. The molecule has 3 N–H and O–H groups in total. The van der Waals surface area contributed by atoms with E-state index in [9.17, 15) is 40.6 Å². The van der Waals surface area contributed by atoms with Crippen LogP contribution in [0.25, 0.3) is 16.2 Å². The molecule has 1 aliphatic carbocycles. The average Bonchev–Trinajstić information content (AvgIpc) is 3.21. The summed E-state index contributed by atoms with van der Waals surface area (Å²) in [6.45, 7) is 3.53. The van der Waals surface area contributed by atoms with Crippen molar-refractivity contribution in [2.24, 2.45) is 0 Å². The number of aliphatic hydroxyl groups excluding tert-OH is 1. The van der Waals surface area contributed by atoms with Gasteiger partial charge in [-0.2, -0.15) is 18.3 Å². The van der Waals surface area contributed by atoms with Crippen LogP contribution in [0.1, 0.15) is 43.0 Å². The van der Waals surface area contributed by atoms with Crippen molar-refractivity contribution in [2.45, 2.75) is 61.7 Å². The third-order valence-electron chi connectivity index (χ3n) is 5.60. The van der Waals surface area contributed by atoms with Gasteiger partial charge in [-0.25, -0.2) is 31.4 Å². The Morgan fingerprint density at radius 1 is 1.23 bits per heavy atom. The summed E-state index contributed by atoms with van der Waals surface area (Å²) in [5, 5.41) is 24.3. The molecule has 0 saturated heterocycles. The number of sulfonamides is 1. The topological polar surface area (TPSA) is 117 Å². The van der Waals surface area contributed by atoms with E-state index in [4.69, 9.17) is 0 Å². The largest absolute Gasteiger partial charge is 0.417 e. The number of alkyl halides is 5. The van der Waals surface area contributed by atoms with Crippen molar-refractivity contribution >= 4 is 26.3 Å². The number of imidazole rings is 1. The third kappa shape index (κ3) is 4.67. The highest BCUT2D eigenvalue weighted by Gasteiger charge is 2.58. The Morgan fingerprint density at radius 3 is 2.37 bits per heavy atom. The smallest absolute Gasteiger partial charge is 0.394 e. The van der Waals surface area contributed by atoms with Crippen LogP contribution in [-0.4, -0.2) is 51.3 Å². The first kappa shape index (κ1) is 25.9. The van der Waals surface area contributed by atoms with Crippen LogP contribution in [0.2, 0.25) is 0 Å². The minimum absolute atomic E-state index is 0.0213. The van der Waals surface area contributed by atoms with E-state index in [2.05, 4.69) is 10.1 Å². The van der Waals surface area contributed by atoms with E-state index in [0.717, 1.165) is 23.5 Å². The zero-order chi connectivity index (χ0) is 26.2. The van der Waals surface area contributed by atoms with Gasteiger partial charge in [0.15, 0.2) is 0 Å². The molecule has 0 amide bonds. The van der Waals surface area contributed by atoms with E-state index in [0.29, 0.717) is 16.7 Å². The second kappa shape index (κ2) is 7.90. The van der Waals surface area contributed by atoms with Crippen LogP contribution in [0, 0.1) is 6.92 Å². The lowest BCUT2D eigenvalue weighted by Crippen LogP contribution is -2.64. The summed E-state index contributed by atoms with van der Waals surface area (Å²) >= 11 is 1.05. The number of aryl methyl sites for hydroxylation is 1. The van der Waals surface area contributed by atoms with Crippen molar-refractivity contribution in [1.82, 2.24) is 19.3 Å². The van der Waals surface area contributed by atoms with Crippen LogP contribution in [0.3, 0.4) is 0 Å². The van der Waals surface area contributed by atoms with Crippen molar-refractivity contribution in [2.75, 3.05) is 6.61 Å². The zero-order valence-electron chi connectivity index (χ0n) is 18.6. The van der Waals surface area contributed by atoms with Gasteiger partial charge in [-0.05, 0) is 32.9 Å². The molecule has 8 nitrogen and oxygen atoms in total. The summed E-state index contributed by atoms with van der Waals surface area (Å²) in [5.41, 5.74) is -4.23. The van der Waals surface area contributed by atoms with Crippen LogP contribution in [-0.2, 0) is 21.8 Å². The Hall–Kier alpha value is -2.20. The van der Waals surface area contributed by atoms with E-state index in [1.54, 1.807) is 6.92 Å². The molecule has 1 fully saturated rings. The summed E-state index contributed by atoms with van der Waals surface area (Å²) in [4.78, 5) is 3.45. The molecule has 1 aliphatic rings. The molecule has 1 aromatic carbocycles. The van der Waals surface area contributed by atoms with Gasteiger partial charge in [0.05, 0.1) is 34.0 Å². The Morgan fingerprint density at radius 2 is 1.86 bits per heavy atom. The van der Waals surface area contributed by atoms with Crippen molar-refractivity contribution < 1.29 is 40.6 Å². The number of benzene rings is 1. The first-order chi connectivity index (χ1) is 15.9. The van der Waals surface area contributed by atoms with Crippen molar-refractivity contribution in [3.8, 4) is 11.3 Å². The van der Waals surface area contributed by atoms with Gasteiger partial charge in [-0.15, -0.1) is 0 Å². The fourth-order valence-corrected chi connectivity index (χ4v) is 6.64. The summed E-state index contributed by atoms with van der Waals surface area (Å²) in [5.74, 6) is -3.25. The summed E-state index contributed by atoms with van der Waals surface area (Å²) in [7, 11) is -5.00. The number of hydrogen-bond acceptors (Lipinski definition) is 7. The summed E-state index contributed by atoms with van der Waals surface area (Å²) in [6, 6.07) is 2.40. The molecule has 3 aromatic rings. The number of nitrogens with one attached hydrogen (secondary N) is 1. The van der Waals surface area contributed by atoms with Gasteiger partial charge >= 0.3 is 6.18 Å². The SMILES string of the molecule is Cc1nc2sc(C(C)(C)O)nn2c1-c1ccc(C(F)(F)F)c(S(=O)(=O)NC2(CO)CC(F)(F)C2)c1. The van der Waals surface area contributed by atoms with Crippen LogP contribution < -0.4 is 4.72 Å². The first-order valence-corrected chi connectivity index (χ1v) is 12.5. The molecule has 192 valence electrons. The van der Waals surface area contributed by atoms with Gasteiger partial charge in [0.2, 0.25) is 15.0 Å². The maximum Gasteiger partial charge on any atom is 0.417 e. The molecular weight excluding hydrogens is 519 g/mol. The molecule has 2 aromatic heterocycles. The summed E-state index contributed by atoms with van der Waals surface area (Å²) in [6.07, 6.45) is -7.16. The third-order valence-corrected chi connectivity index (χ3v) is 8.44. The Labute approximate surface area is 200 Å². The molecule has 0 atom stereocenters. The lowest BCUT2D eigenvalue weighted by molar-refractivity contribution is -0.142. The van der Waals surface area contributed by atoms with Gasteiger partial charge < -0.3 is 10.2 Å². The van der Waals surface area contributed by atoms with Gasteiger partial charge in [0.1, 0.15) is 10.6 Å². The number of hydrogen-bond donors (Lipinski definition) is 3. The molecule has 0 aliphatic heterocycles. The molecule has 1 saturated carbocycles. The second-order valence-corrected chi connectivity index (χ2v) is 11.8.